The first-order valence-electron chi connectivity index (χ1n) is 7.01. The maximum Gasteiger partial charge on any atom is 0.251 e. The van der Waals surface area contributed by atoms with E-state index in [-0.39, 0.29) is 5.91 Å². The summed E-state index contributed by atoms with van der Waals surface area (Å²) < 4.78 is 0. The second-order valence-corrected chi connectivity index (χ2v) is 6.60. The highest BCUT2D eigenvalue weighted by Gasteiger charge is 2.12. The highest BCUT2D eigenvalue weighted by molar-refractivity contribution is 7.98. The van der Waals surface area contributed by atoms with Gasteiger partial charge in [-0.2, -0.15) is 11.8 Å². The molecule has 0 aromatic heterocycles. The van der Waals surface area contributed by atoms with Gasteiger partial charge in [-0.15, -0.1) is 0 Å². The van der Waals surface area contributed by atoms with Gasteiger partial charge >= 0.3 is 0 Å². The van der Waals surface area contributed by atoms with Crippen LogP contribution in [-0.2, 0) is 6.42 Å². The number of rotatable bonds is 8. The molecular weight excluding hydrogens is 270 g/mol. The van der Waals surface area contributed by atoms with Gasteiger partial charge in [0.05, 0.1) is 5.60 Å². The van der Waals surface area contributed by atoms with E-state index in [9.17, 15) is 9.90 Å². The number of thioether (sulfide) groups is 1. The van der Waals surface area contributed by atoms with Crippen LogP contribution in [0.2, 0.25) is 0 Å². The minimum atomic E-state index is -0.646. The number of amides is 1. The van der Waals surface area contributed by atoms with Crippen molar-refractivity contribution in [3.8, 4) is 0 Å². The monoisotopic (exact) mass is 295 g/mol. The van der Waals surface area contributed by atoms with Gasteiger partial charge < -0.3 is 10.4 Å². The summed E-state index contributed by atoms with van der Waals surface area (Å²) in [6.45, 7) is 4.34. The van der Waals surface area contributed by atoms with Crippen LogP contribution in [0.25, 0.3) is 0 Å². The van der Waals surface area contributed by atoms with E-state index in [2.05, 4.69) is 11.6 Å². The Morgan fingerprint density at radius 1 is 1.30 bits per heavy atom. The smallest absolute Gasteiger partial charge is 0.251 e. The summed E-state index contributed by atoms with van der Waals surface area (Å²) in [5.41, 5.74) is 1.19. The van der Waals surface area contributed by atoms with Gasteiger partial charge in [-0.3, -0.25) is 4.79 Å². The fourth-order valence-corrected chi connectivity index (χ4v) is 2.23. The Morgan fingerprint density at radius 2 is 1.95 bits per heavy atom. The van der Waals surface area contributed by atoms with Gasteiger partial charge in [0.1, 0.15) is 0 Å². The minimum absolute atomic E-state index is 0.0138. The Morgan fingerprint density at radius 3 is 2.50 bits per heavy atom. The standard InChI is InChI=1S/C16H25NO2S/c1-16(2,19)10-9-13-5-7-14(8-6-13)15(18)17-11-4-12-20-3/h5-8,19H,4,9-12H2,1-3H3,(H,17,18). The number of hydrogen-bond donors (Lipinski definition) is 2. The number of benzene rings is 1. The van der Waals surface area contributed by atoms with Gasteiger partial charge in [-0.05, 0) is 62.8 Å². The number of aryl methyl sites for hydroxylation is 1. The summed E-state index contributed by atoms with van der Waals surface area (Å²) in [4.78, 5) is 11.9. The van der Waals surface area contributed by atoms with Crippen LogP contribution in [0, 0.1) is 0 Å². The van der Waals surface area contributed by atoms with Crippen LogP contribution in [0.3, 0.4) is 0 Å². The molecule has 2 N–H and O–H groups in total. The molecule has 0 aliphatic carbocycles. The lowest BCUT2D eigenvalue weighted by atomic mass is 9.98. The fourth-order valence-electron chi connectivity index (χ4n) is 1.79. The van der Waals surface area contributed by atoms with Gasteiger partial charge in [0.25, 0.3) is 5.91 Å². The molecule has 0 unspecified atom stereocenters. The molecule has 0 atom stereocenters. The first-order chi connectivity index (χ1) is 9.42. The van der Waals surface area contributed by atoms with Gasteiger partial charge in [0, 0.05) is 12.1 Å². The van der Waals surface area contributed by atoms with E-state index in [1.807, 2.05) is 38.1 Å². The number of nitrogens with one attached hydrogen (secondary N) is 1. The largest absolute Gasteiger partial charge is 0.390 e. The van der Waals surface area contributed by atoms with Crippen LogP contribution in [0.5, 0.6) is 0 Å². The van der Waals surface area contributed by atoms with Crippen molar-refractivity contribution >= 4 is 17.7 Å². The van der Waals surface area contributed by atoms with Crippen LogP contribution >= 0.6 is 11.8 Å². The first-order valence-corrected chi connectivity index (χ1v) is 8.40. The molecule has 112 valence electrons. The molecule has 20 heavy (non-hydrogen) atoms. The quantitative estimate of drug-likeness (QED) is 0.725. The molecule has 0 saturated heterocycles. The van der Waals surface area contributed by atoms with E-state index < -0.39 is 5.60 Å². The van der Waals surface area contributed by atoms with Crippen molar-refractivity contribution < 1.29 is 9.90 Å². The fraction of sp³-hybridized carbons (Fsp3) is 0.562. The van der Waals surface area contributed by atoms with E-state index in [1.165, 1.54) is 0 Å². The first kappa shape index (κ1) is 17.1. The van der Waals surface area contributed by atoms with E-state index in [4.69, 9.17) is 0 Å². The molecule has 1 aromatic carbocycles. The van der Waals surface area contributed by atoms with Gasteiger partial charge in [0.15, 0.2) is 0 Å². The van der Waals surface area contributed by atoms with Crippen molar-refractivity contribution in [3.63, 3.8) is 0 Å². The zero-order valence-corrected chi connectivity index (χ0v) is 13.4. The average molecular weight is 295 g/mol. The molecule has 0 bridgehead atoms. The predicted molar refractivity (Wildman–Crippen MR) is 86.4 cm³/mol. The second-order valence-electron chi connectivity index (χ2n) is 5.61. The molecule has 0 radical (unpaired) electrons. The van der Waals surface area contributed by atoms with Crippen LogP contribution in [0.1, 0.15) is 42.6 Å². The lowest BCUT2D eigenvalue weighted by Crippen LogP contribution is -2.24. The molecular formula is C16H25NO2S. The molecule has 0 fully saturated rings. The van der Waals surface area contributed by atoms with E-state index in [0.717, 1.165) is 30.7 Å². The van der Waals surface area contributed by atoms with E-state index in [1.54, 1.807) is 11.8 Å². The highest BCUT2D eigenvalue weighted by atomic mass is 32.2. The van der Waals surface area contributed by atoms with Crippen molar-refractivity contribution in [3.05, 3.63) is 35.4 Å². The van der Waals surface area contributed by atoms with Gasteiger partial charge in [0.2, 0.25) is 0 Å². The van der Waals surface area contributed by atoms with Crippen molar-refractivity contribution in [2.45, 2.75) is 38.7 Å². The van der Waals surface area contributed by atoms with Crippen molar-refractivity contribution in [2.24, 2.45) is 0 Å². The van der Waals surface area contributed by atoms with Crippen LogP contribution in [-0.4, -0.2) is 35.2 Å². The van der Waals surface area contributed by atoms with Gasteiger partial charge in [-0.25, -0.2) is 0 Å². The Labute approximate surface area is 126 Å². The Balaban J connectivity index is 2.43. The zero-order valence-electron chi connectivity index (χ0n) is 12.6. The number of carbonyl (C=O) groups excluding carboxylic acids is 1. The molecule has 1 aromatic rings. The molecule has 4 heteroatoms. The molecule has 0 spiro atoms. The van der Waals surface area contributed by atoms with E-state index >= 15 is 0 Å². The molecule has 0 saturated carbocycles. The summed E-state index contributed by atoms with van der Waals surface area (Å²) in [7, 11) is 0. The Kier molecular flexibility index (Phi) is 7.10. The summed E-state index contributed by atoms with van der Waals surface area (Å²) in [5, 5.41) is 12.6. The van der Waals surface area contributed by atoms with Crippen LogP contribution in [0.15, 0.2) is 24.3 Å². The summed E-state index contributed by atoms with van der Waals surface area (Å²) in [6, 6.07) is 7.62. The third-order valence-corrected chi connectivity index (χ3v) is 3.75. The number of carbonyl (C=O) groups is 1. The zero-order chi connectivity index (χ0) is 15.0. The minimum Gasteiger partial charge on any atom is -0.390 e. The highest BCUT2D eigenvalue weighted by Crippen LogP contribution is 2.13. The SMILES string of the molecule is CSCCCNC(=O)c1ccc(CCC(C)(C)O)cc1. The van der Waals surface area contributed by atoms with E-state index in [0.29, 0.717) is 12.0 Å². The topological polar surface area (TPSA) is 49.3 Å². The summed E-state index contributed by atoms with van der Waals surface area (Å²) in [6.07, 6.45) is 4.59. The molecule has 0 aliphatic rings. The maximum absolute atomic E-state index is 11.9. The summed E-state index contributed by atoms with van der Waals surface area (Å²) in [5.74, 6) is 1.05. The molecule has 1 amide bonds. The van der Waals surface area contributed by atoms with Gasteiger partial charge in [-0.1, -0.05) is 12.1 Å². The molecule has 0 aliphatic heterocycles. The third-order valence-electron chi connectivity index (χ3n) is 3.05. The Hall–Kier alpha value is -1.00. The normalized spacial score (nSPS) is 11.4. The average Bonchev–Trinajstić information content (AvgIpc) is 2.41. The maximum atomic E-state index is 11.9. The van der Waals surface area contributed by atoms with Crippen molar-refractivity contribution in [1.29, 1.82) is 0 Å². The van der Waals surface area contributed by atoms with Crippen molar-refractivity contribution in [2.75, 3.05) is 18.6 Å². The molecule has 1 rings (SSSR count). The molecule has 0 heterocycles. The van der Waals surface area contributed by atoms with Crippen LogP contribution < -0.4 is 5.32 Å². The molecule has 3 nitrogen and oxygen atoms in total. The summed E-state index contributed by atoms with van der Waals surface area (Å²) >= 11 is 1.79. The second kappa shape index (κ2) is 8.32. The number of aliphatic hydroxyl groups is 1. The number of hydrogen-bond acceptors (Lipinski definition) is 3. The lowest BCUT2D eigenvalue weighted by molar-refractivity contribution is 0.0713. The Bertz CT molecular complexity index is 409. The lowest BCUT2D eigenvalue weighted by Gasteiger charge is -2.16. The third kappa shape index (κ3) is 6.96. The van der Waals surface area contributed by atoms with Crippen LogP contribution in [0.4, 0.5) is 0 Å². The predicted octanol–water partition coefficient (Wildman–Crippen LogP) is 2.87. The van der Waals surface area contributed by atoms with Crippen molar-refractivity contribution in [1.82, 2.24) is 5.32 Å².